The third-order valence-electron chi connectivity index (χ3n) is 3.69. The number of nitrogen functional groups attached to an aromatic ring is 1. The summed E-state index contributed by atoms with van der Waals surface area (Å²) in [5, 5.41) is 10.7. The summed E-state index contributed by atoms with van der Waals surface area (Å²) in [7, 11) is 0. The first-order valence-corrected chi connectivity index (χ1v) is 9.10. The molecule has 0 fully saturated rings. The van der Waals surface area contributed by atoms with Gasteiger partial charge in [-0.15, -0.1) is 10.2 Å². The molecule has 28 heavy (non-hydrogen) atoms. The van der Waals surface area contributed by atoms with Crippen LogP contribution in [0, 0.1) is 0 Å². The van der Waals surface area contributed by atoms with Crippen molar-refractivity contribution < 1.29 is 18.3 Å². The molecule has 0 aliphatic heterocycles. The third kappa shape index (κ3) is 4.77. The third-order valence-corrected chi connectivity index (χ3v) is 4.75. The topological polar surface area (TPSA) is 95.1 Å². The lowest BCUT2D eigenvalue weighted by molar-refractivity contribution is -0.115. The van der Waals surface area contributed by atoms with Crippen molar-refractivity contribution in [2.45, 2.75) is 23.9 Å². The first kappa shape index (κ1) is 19.6. The minimum Gasteiger partial charge on any atom is -0.435 e. The number of carbonyl (C=O) groups excluding carboxylic acids is 1. The molecule has 0 bridgehead atoms. The van der Waals surface area contributed by atoms with Crippen molar-refractivity contribution in [1.82, 2.24) is 14.9 Å². The number of halogens is 2. The first-order valence-electron chi connectivity index (χ1n) is 8.22. The van der Waals surface area contributed by atoms with E-state index >= 15 is 0 Å². The minimum absolute atomic E-state index is 0.0140. The van der Waals surface area contributed by atoms with Crippen molar-refractivity contribution in [3.63, 3.8) is 0 Å². The molecule has 1 unspecified atom stereocenters. The Morgan fingerprint density at radius 1 is 1.14 bits per heavy atom. The van der Waals surface area contributed by atoms with Gasteiger partial charge < -0.3 is 15.9 Å². The number of aromatic nitrogens is 3. The molecule has 0 aliphatic rings. The molecule has 1 aromatic heterocycles. The second-order valence-electron chi connectivity index (χ2n) is 5.69. The Hall–Kier alpha value is -3.14. The maximum atomic E-state index is 12.4. The fourth-order valence-electron chi connectivity index (χ4n) is 2.32. The average Bonchev–Trinajstić information content (AvgIpc) is 3.04. The summed E-state index contributed by atoms with van der Waals surface area (Å²) in [6.45, 7) is -1.20. The number of nitrogens with two attached hydrogens (primary N) is 1. The lowest BCUT2D eigenvalue weighted by atomic mass is 10.2. The summed E-state index contributed by atoms with van der Waals surface area (Å²) in [4.78, 5) is 12.4. The van der Waals surface area contributed by atoms with Gasteiger partial charge in [-0.2, -0.15) is 8.78 Å². The number of rotatable bonds is 7. The first-order chi connectivity index (χ1) is 13.4. The molecule has 3 rings (SSSR count). The van der Waals surface area contributed by atoms with Crippen LogP contribution in [-0.4, -0.2) is 32.6 Å². The zero-order valence-electron chi connectivity index (χ0n) is 14.8. The predicted octanol–water partition coefficient (Wildman–Crippen LogP) is 3.38. The van der Waals surface area contributed by atoms with Crippen LogP contribution in [0.25, 0.3) is 11.4 Å². The van der Waals surface area contributed by atoms with Crippen LogP contribution in [0.2, 0.25) is 0 Å². The van der Waals surface area contributed by atoms with Crippen LogP contribution < -0.4 is 15.9 Å². The highest BCUT2D eigenvalue weighted by atomic mass is 32.2. The van der Waals surface area contributed by atoms with Crippen LogP contribution in [0.1, 0.15) is 6.92 Å². The molecule has 1 atom stereocenters. The van der Waals surface area contributed by atoms with E-state index in [1.54, 1.807) is 6.92 Å². The van der Waals surface area contributed by atoms with Crippen LogP contribution >= 0.6 is 11.8 Å². The molecule has 0 saturated heterocycles. The molecule has 0 aliphatic carbocycles. The van der Waals surface area contributed by atoms with Crippen molar-refractivity contribution >= 4 is 23.4 Å². The van der Waals surface area contributed by atoms with E-state index in [0.29, 0.717) is 16.7 Å². The summed E-state index contributed by atoms with van der Waals surface area (Å²) in [6.07, 6.45) is 0. The second kappa shape index (κ2) is 8.70. The molecule has 7 nitrogen and oxygen atoms in total. The minimum atomic E-state index is -2.90. The monoisotopic (exact) mass is 405 g/mol. The highest BCUT2D eigenvalue weighted by molar-refractivity contribution is 8.00. The summed E-state index contributed by atoms with van der Waals surface area (Å²) in [5.41, 5.74) is 1.27. The number of alkyl halides is 2. The number of nitrogens with one attached hydrogen (secondary N) is 1. The zero-order valence-corrected chi connectivity index (χ0v) is 15.6. The molecular weight excluding hydrogens is 388 g/mol. The van der Waals surface area contributed by atoms with Gasteiger partial charge in [0.05, 0.1) is 5.25 Å². The van der Waals surface area contributed by atoms with E-state index in [9.17, 15) is 13.6 Å². The number of thioether (sulfide) groups is 1. The Balaban J connectivity index is 1.62. The standard InChI is InChI=1S/C18H17F2N5O2S/c1-11(16(26)22-13-7-9-14(10-8-13)27-17(19)20)28-18-24-23-15(25(18)21)12-5-3-2-4-6-12/h2-11,17H,21H2,1H3,(H,22,26). The molecule has 0 spiro atoms. The van der Waals surface area contributed by atoms with Crippen molar-refractivity contribution in [3.05, 3.63) is 54.6 Å². The smallest absolute Gasteiger partial charge is 0.387 e. The molecule has 10 heteroatoms. The Kier molecular flexibility index (Phi) is 6.09. The molecule has 146 valence electrons. The molecular formula is C18H17F2N5O2S. The molecule has 3 N–H and O–H groups in total. The van der Waals surface area contributed by atoms with E-state index in [0.717, 1.165) is 17.3 Å². The maximum absolute atomic E-state index is 12.4. The van der Waals surface area contributed by atoms with E-state index < -0.39 is 11.9 Å². The summed E-state index contributed by atoms with van der Waals surface area (Å²) in [5.74, 6) is 6.27. The van der Waals surface area contributed by atoms with Crippen molar-refractivity contribution in [2.24, 2.45) is 0 Å². The van der Waals surface area contributed by atoms with Crippen LogP contribution in [0.15, 0.2) is 59.8 Å². The normalized spacial score (nSPS) is 12.0. The van der Waals surface area contributed by atoms with Gasteiger partial charge in [-0.25, -0.2) is 4.68 Å². The Bertz CT molecular complexity index is 935. The van der Waals surface area contributed by atoms with Crippen molar-refractivity contribution in [2.75, 3.05) is 11.2 Å². The van der Waals surface area contributed by atoms with Crippen LogP contribution in [0.4, 0.5) is 14.5 Å². The van der Waals surface area contributed by atoms with Crippen molar-refractivity contribution in [3.8, 4) is 17.1 Å². The number of carbonyl (C=O) groups is 1. The zero-order chi connectivity index (χ0) is 20.1. The number of amides is 1. The van der Waals surface area contributed by atoms with Gasteiger partial charge in [-0.05, 0) is 31.2 Å². The van der Waals surface area contributed by atoms with Gasteiger partial charge in [0, 0.05) is 11.3 Å². The lowest BCUT2D eigenvalue weighted by Crippen LogP contribution is -2.23. The van der Waals surface area contributed by atoms with E-state index in [-0.39, 0.29) is 11.7 Å². The van der Waals surface area contributed by atoms with Crippen molar-refractivity contribution in [1.29, 1.82) is 0 Å². The van der Waals surface area contributed by atoms with Crippen LogP contribution in [0.5, 0.6) is 5.75 Å². The number of hydrogen-bond donors (Lipinski definition) is 2. The van der Waals surface area contributed by atoms with Gasteiger partial charge in [0.1, 0.15) is 5.75 Å². The van der Waals surface area contributed by atoms with E-state index in [4.69, 9.17) is 5.84 Å². The Labute approximate surface area is 163 Å². The molecule has 0 saturated carbocycles. The second-order valence-corrected chi connectivity index (χ2v) is 7.00. The summed E-state index contributed by atoms with van der Waals surface area (Å²) in [6, 6.07) is 15.0. The number of benzene rings is 2. The molecule has 1 amide bonds. The van der Waals surface area contributed by atoms with E-state index in [2.05, 4.69) is 20.3 Å². The van der Waals surface area contributed by atoms with Crippen LogP contribution in [-0.2, 0) is 4.79 Å². The number of nitrogens with zero attached hydrogens (tertiary/aromatic N) is 3. The van der Waals surface area contributed by atoms with Crippen LogP contribution in [0.3, 0.4) is 0 Å². The quantitative estimate of drug-likeness (QED) is 0.462. The van der Waals surface area contributed by atoms with Gasteiger partial charge in [0.25, 0.3) is 0 Å². The molecule has 1 heterocycles. The largest absolute Gasteiger partial charge is 0.435 e. The molecule has 3 aromatic rings. The molecule has 2 aromatic carbocycles. The fourth-order valence-corrected chi connectivity index (χ4v) is 3.09. The fraction of sp³-hybridized carbons (Fsp3) is 0.167. The number of hydrogen-bond acceptors (Lipinski definition) is 6. The maximum Gasteiger partial charge on any atom is 0.387 e. The number of anilines is 1. The summed E-state index contributed by atoms with van der Waals surface area (Å²) >= 11 is 1.15. The number of ether oxygens (including phenoxy) is 1. The van der Waals surface area contributed by atoms with Gasteiger partial charge in [-0.1, -0.05) is 42.1 Å². The van der Waals surface area contributed by atoms with Gasteiger partial charge in [0.15, 0.2) is 5.82 Å². The van der Waals surface area contributed by atoms with Gasteiger partial charge in [0.2, 0.25) is 11.1 Å². The Morgan fingerprint density at radius 3 is 2.46 bits per heavy atom. The van der Waals surface area contributed by atoms with Gasteiger partial charge >= 0.3 is 6.61 Å². The highest BCUT2D eigenvalue weighted by Crippen LogP contribution is 2.25. The van der Waals surface area contributed by atoms with Gasteiger partial charge in [-0.3, -0.25) is 4.79 Å². The lowest BCUT2D eigenvalue weighted by Gasteiger charge is -2.12. The molecule has 0 radical (unpaired) electrons. The summed E-state index contributed by atoms with van der Waals surface area (Å²) < 4.78 is 29.9. The average molecular weight is 405 g/mol. The highest BCUT2D eigenvalue weighted by Gasteiger charge is 2.20. The van der Waals surface area contributed by atoms with E-state index in [1.165, 1.54) is 28.9 Å². The van der Waals surface area contributed by atoms with E-state index in [1.807, 2.05) is 30.3 Å². The SMILES string of the molecule is CC(Sc1nnc(-c2ccccc2)n1N)C(=O)Nc1ccc(OC(F)F)cc1. The predicted molar refractivity (Wildman–Crippen MR) is 103 cm³/mol. The Morgan fingerprint density at radius 2 is 1.82 bits per heavy atom.